The SMILES string of the molecule is C1=Nc2ncnc3cccc(c23)OC1. The first-order valence-electron chi connectivity index (χ1n) is 4.34. The summed E-state index contributed by atoms with van der Waals surface area (Å²) < 4.78 is 5.49. The Balaban J connectivity index is 2.49. The van der Waals surface area contributed by atoms with Gasteiger partial charge < -0.3 is 4.74 Å². The van der Waals surface area contributed by atoms with Gasteiger partial charge in [-0.3, -0.25) is 0 Å². The van der Waals surface area contributed by atoms with Crippen LogP contribution >= 0.6 is 0 Å². The van der Waals surface area contributed by atoms with Gasteiger partial charge in [0.15, 0.2) is 5.82 Å². The summed E-state index contributed by atoms with van der Waals surface area (Å²) in [5.41, 5.74) is 0.867. The van der Waals surface area contributed by atoms with Crippen molar-refractivity contribution in [3.05, 3.63) is 24.5 Å². The van der Waals surface area contributed by atoms with Crippen LogP contribution in [0.5, 0.6) is 5.75 Å². The monoisotopic (exact) mass is 185 g/mol. The van der Waals surface area contributed by atoms with Crippen LogP contribution in [0.1, 0.15) is 0 Å². The van der Waals surface area contributed by atoms with Crippen molar-refractivity contribution in [3.8, 4) is 5.75 Å². The topological polar surface area (TPSA) is 47.4 Å². The molecule has 0 unspecified atom stereocenters. The summed E-state index contributed by atoms with van der Waals surface area (Å²) in [5, 5.41) is 0.892. The van der Waals surface area contributed by atoms with Crippen LogP contribution < -0.4 is 4.74 Å². The lowest BCUT2D eigenvalue weighted by Crippen LogP contribution is -1.96. The number of nitrogens with zero attached hydrogens (tertiary/aromatic N) is 3. The highest BCUT2D eigenvalue weighted by Gasteiger charge is 2.10. The van der Waals surface area contributed by atoms with E-state index in [0.29, 0.717) is 12.4 Å². The Bertz CT molecular complexity index is 517. The first-order chi connectivity index (χ1) is 6.95. The van der Waals surface area contributed by atoms with Crippen LogP contribution in [0.2, 0.25) is 0 Å². The van der Waals surface area contributed by atoms with Crippen molar-refractivity contribution >= 4 is 22.9 Å². The van der Waals surface area contributed by atoms with Crippen LogP contribution in [-0.4, -0.2) is 22.8 Å². The predicted molar refractivity (Wildman–Crippen MR) is 53.2 cm³/mol. The third kappa shape index (κ3) is 0.970. The van der Waals surface area contributed by atoms with Crippen molar-refractivity contribution in [2.24, 2.45) is 4.99 Å². The van der Waals surface area contributed by atoms with Gasteiger partial charge in [0.1, 0.15) is 18.7 Å². The van der Waals surface area contributed by atoms with Gasteiger partial charge in [-0.25, -0.2) is 15.0 Å². The average molecular weight is 185 g/mol. The molecule has 0 saturated carbocycles. The highest BCUT2D eigenvalue weighted by atomic mass is 16.5. The third-order valence-electron chi connectivity index (χ3n) is 2.13. The smallest absolute Gasteiger partial charge is 0.166 e. The molecule has 4 nitrogen and oxygen atoms in total. The molecule has 0 atom stereocenters. The number of aromatic nitrogens is 2. The molecule has 0 saturated heterocycles. The zero-order valence-corrected chi connectivity index (χ0v) is 7.34. The Labute approximate surface area is 80.3 Å². The highest BCUT2D eigenvalue weighted by molar-refractivity contribution is 5.95. The molecular formula is C10H7N3O. The molecule has 0 fully saturated rings. The lowest BCUT2D eigenvalue weighted by molar-refractivity contribution is 0.386. The minimum absolute atomic E-state index is 0.482. The number of rotatable bonds is 0. The lowest BCUT2D eigenvalue weighted by atomic mass is 10.2. The van der Waals surface area contributed by atoms with Gasteiger partial charge in [-0.2, -0.15) is 0 Å². The highest BCUT2D eigenvalue weighted by Crippen LogP contribution is 2.31. The molecule has 2 heterocycles. The summed E-state index contributed by atoms with van der Waals surface area (Å²) in [6.07, 6.45) is 3.23. The zero-order valence-electron chi connectivity index (χ0n) is 7.34. The van der Waals surface area contributed by atoms with E-state index in [4.69, 9.17) is 4.74 Å². The molecule has 14 heavy (non-hydrogen) atoms. The molecule has 68 valence electrons. The van der Waals surface area contributed by atoms with Gasteiger partial charge in [-0.05, 0) is 12.1 Å². The summed E-state index contributed by atoms with van der Waals surface area (Å²) in [4.78, 5) is 12.5. The predicted octanol–water partition coefficient (Wildman–Crippen LogP) is 1.72. The molecule has 0 radical (unpaired) electrons. The van der Waals surface area contributed by atoms with Crippen molar-refractivity contribution < 1.29 is 4.74 Å². The van der Waals surface area contributed by atoms with Crippen LogP contribution in [-0.2, 0) is 0 Å². The summed E-state index contributed by atoms with van der Waals surface area (Å²) in [7, 11) is 0. The van der Waals surface area contributed by atoms with E-state index in [2.05, 4.69) is 15.0 Å². The number of hydrogen-bond acceptors (Lipinski definition) is 4. The van der Waals surface area contributed by atoms with Gasteiger partial charge in [0.2, 0.25) is 0 Å². The Morgan fingerprint density at radius 2 is 2.21 bits per heavy atom. The minimum Gasteiger partial charge on any atom is -0.487 e. The molecule has 0 bridgehead atoms. The molecule has 0 amide bonds. The second kappa shape index (κ2) is 2.77. The average Bonchev–Trinajstić information content (AvgIpc) is 2.44. The molecular weight excluding hydrogens is 178 g/mol. The maximum Gasteiger partial charge on any atom is 0.166 e. The molecule has 4 heteroatoms. The first-order valence-corrected chi connectivity index (χ1v) is 4.34. The zero-order chi connectivity index (χ0) is 9.38. The van der Waals surface area contributed by atoms with E-state index >= 15 is 0 Å². The number of hydrogen-bond donors (Lipinski definition) is 0. The van der Waals surface area contributed by atoms with Crippen LogP contribution in [0.25, 0.3) is 10.9 Å². The van der Waals surface area contributed by atoms with Crippen LogP contribution in [0.15, 0.2) is 29.5 Å². The molecule has 2 aromatic rings. The van der Waals surface area contributed by atoms with Crippen molar-refractivity contribution in [3.63, 3.8) is 0 Å². The number of aliphatic imine (C=N–C) groups is 1. The number of ether oxygens (including phenoxy) is 1. The fourth-order valence-corrected chi connectivity index (χ4v) is 1.53. The Morgan fingerprint density at radius 3 is 3.21 bits per heavy atom. The van der Waals surface area contributed by atoms with E-state index in [9.17, 15) is 0 Å². The van der Waals surface area contributed by atoms with Crippen LogP contribution in [0.4, 0.5) is 5.82 Å². The summed E-state index contributed by atoms with van der Waals surface area (Å²) in [6.45, 7) is 0.482. The van der Waals surface area contributed by atoms with Crippen molar-refractivity contribution in [2.45, 2.75) is 0 Å². The summed E-state index contributed by atoms with van der Waals surface area (Å²) in [6, 6.07) is 5.75. The van der Waals surface area contributed by atoms with E-state index in [1.165, 1.54) is 6.33 Å². The van der Waals surface area contributed by atoms with Gasteiger partial charge >= 0.3 is 0 Å². The molecule has 3 rings (SSSR count). The van der Waals surface area contributed by atoms with Gasteiger partial charge in [-0.15, -0.1) is 0 Å². The first kappa shape index (κ1) is 7.44. The van der Waals surface area contributed by atoms with Crippen molar-refractivity contribution in [1.29, 1.82) is 0 Å². The van der Waals surface area contributed by atoms with Gasteiger partial charge in [0, 0.05) is 6.21 Å². The summed E-state index contributed by atoms with van der Waals surface area (Å²) in [5.74, 6) is 1.48. The summed E-state index contributed by atoms with van der Waals surface area (Å²) >= 11 is 0. The van der Waals surface area contributed by atoms with E-state index in [0.717, 1.165) is 16.7 Å². The molecule has 0 N–H and O–H groups in total. The van der Waals surface area contributed by atoms with Crippen molar-refractivity contribution in [2.75, 3.05) is 6.61 Å². The van der Waals surface area contributed by atoms with E-state index in [1.54, 1.807) is 6.21 Å². The lowest BCUT2D eigenvalue weighted by Gasteiger charge is -2.04. The third-order valence-corrected chi connectivity index (χ3v) is 2.13. The molecule has 1 aromatic heterocycles. The second-order valence-corrected chi connectivity index (χ2v) is 2.97. The quantitative estimate of drug-likeness (QED) is 0.627. The fraction of sp³-hybridized carbons (Fsp3) is 0.100. The van der Waals surface area contributed by atoms with Gasteiger partial charge in [-0.1, -0.05) is 6.07 Å². The Hall–Kier alpha value is -1.97. The molecule has 1 aromatic carbocycles. The fourth-order valence-electron chi connectivity index (χ4n) is 1.53. The largest absolute Gasteiger partial charge is 0.487 e. The van der Waals surface area contributed by atoms with Gasteiger partial charge in [0.05, 0.1) is 10.9 Å². The van der Waals surface area contributed by atoms with Gasteiger partial charge in [0.25, 0.3) is 0 Å². The van der Waals surface area contributed by atoms with E-state index < -0.39 is 0 Å². The van der Waals surface area contributed by atoms with E-state index in [-0.39, 0.29) is 0 Å². The molecule has 1 aliphatic heterocycles. The molecule has 0 spiro atoms. The minimum atomic E-state index is 0.482. The van der Waals surface area contributed by atoms with E-state index in [1.807, 2.05) is 18.2 Å². The van der Waals surface area contributed by atoms with Crippen molar-refractivity contribution in [1.82, 2.24) is 9.97 Å². The Morgan fingerprint density at radius 1 is 1.21 bits per heavy atom. The normalized spacial score (nSPS) is 13.7. The Kier molecular flexibility index (Phi) is 1.47. The number of benzene rings is 1. The second-order valence-electron chi connectivity index (χ2n) is 2.97. The standard InChI is InChI=1S/C10H7N3O/c1-2-7-9-8(3-1)14-5-4-11-10(9)13-6-12-7/h1-4,6H,5H2. The maximum absolute atomic E-state index is 5.49. The molecule has 1 aliphatic rings. The maximum atomic E-state index is 5.49. The van der Waals surface area contributed by atoms with Crippen LogP contribution in [0, 0.1) is 0 Å². The molecule has 0 aliphatic carbocycles. The van der Waals surface area contributed by atoms with Crippen LogP contribution in [0.3, 0.4) is 0 Å².